The Bertz CT molecular complexity index is 337. The van der Waals surface area contributed by atoms with Crippen LogP contribution in [0, 0.1) is 6.92 Å². The van der Waals surface area contributed by atoms with E-state index in [4.69, 9.17) is 0 Å². The molecule has 0 saturated carbocycles. The third-order valence-corrected chi connectivity index (χ3v) is 4.36. The highest BCUT2D eigenvalue weighted by atomic mass is 32.1. The van der Waals surface area contributed by atoms with Gasteiger partial charge in [0.1, 0.15) is 0 Å². The van der Waals surface area contributed by atoms with E-state index in [1.807, 2.05) is 6.20 Å². The molecule has 1 fully saturated rings. The van der Waals surface area contributed by atoms with Crippen molar-refractivity contribution in [2.75, 3.05) is 13.6 Å². The molecule has 1 aromatic heterocycles. The third kappa shape index (κ3) is 3.03. The van der Waals surface area contributed by atoms with Crippen molar-refractivity contribution in [1.29, 1.82) is 0 Å². The van der Waals surface area contributed by atoms with Crippen molar-refractivity contribution >= 4 is 11.3 Å². The largest absolute Gasteiger partial charge is 0.309 e. The second-order valence-corrected chi connectivity index (χ2v) is 6.10. The Labute approximate surface area is 102 Å². The van der Waals surface area contributed by atoms with E-state index in [1.165, 1.54) is 24.3 Å². The lowest BCUT2D eigenvalue weighted by atomic mass is 9.99. The predicted molar refractivity (Wildman–Crippen MR) is 68.8 cm³/mol. The lowest BCUT2D eigenvalue weighted by Crippen LogP contribution is -2.45. The number of thiazole rings is 1. The molecule has 3 nitrogen and oxygen atoms in total. The quantitative estimate of drug-likeness (QED) is 0.875. The molecule has 1 aliphatic rings. The molecule has 0 radical (unpaired) electrons. The van der Waals surface area contributed by atoms with E-state index in [2.05, 4.69) is 36.1 Å². The van der Waals surface area contributed by atoms with Crippen LogP contribution >= 0.6 is 11.3 Å². The SMILES string of the molecule is Cc1ncc(CNC2CCN(C)C(C)C2)s1. The molecule has 16 heavy (non-hydrogen) atoms. The fourth-order valence-corrected chi connectivity index (χ4v) is 2.95. The zero-order valence-corrected chi connectivity index (χ0v) is 11.2. The van der Waals surface area contributed by atoms with Gasteiger partial charge >= 0.3 is 0 Å². The summed E-state index contributed by atoms with van der Waals surface area (Å²) in [5, 5.41) is 4.81. The zero-order chi connectivity index (χ0) is 11.5. The fraction of sp³-hybridized carbons (Fsp3) is 0.750. The average molecular weight is 239 g/mol. The number of nitrogens with one attached hydrogen (secondary N) is 1. The van der Waals surface area contributed by atoms with Gasteiger partial charge in [-0.05, 0) is 40.3 Å². The Balaban J connectivity index is 1.78. The minimum absolute atomic E-state index is 0.675. The van der Waals surface area contributed by atoms with Gasteiger partial charge in [-0.3, -0.25) is 0 Å². The van der Waals surface area contributed by atoms with Crippen molar-refractivity contribution in [1.82, 2.24) is 15.2 Å². The molecule has 4 heteroatoms. The van der Waals surface area contributed by atoms with Crippen LogP contribution in [0.15, 0.2) is 6.20 Å². The molecular weight excluding hydrogens is 218 g/mol. The first-order valence-electron chi connectivity index (χ1n) is 6.00. The number of rotatable bonds is 3. The van der Waals surface area contributed by atoms with Crippen molar-refractivity contribution in [3.05, 3.63) is 16.1 Å². The van der Waals surface area contributed by atoms with Gasteiger partial charge in [0.15, 0.2) is 0 Å². The molecule has 0 amide bonds. The summed E-state index contributed by atoms with van der Waals surface area (Å²) < 4.78 is 0. The molecule has 2 heterocycles. The third-order valence-electron chi connectivity index (χ3n) is 3.44. The fourth-order valence-electron chi connectivity index (χ4n) is 2.21. The summed E-state index contributed by atoms with van der Waals surface area (Å²) in [6.07, 6.45) is 4.51. The van der Waals surface area contributed by atoms with Crippen LogP contribution in [0.3, 0.4) is 0 Å². The number of piperidine rings is 1. The molecular formula is C12H21N3S. The summed E-state index contributed by atoms with van der Waals surface area (Å²) in [5.41, 5.74) is 0. The van der Waals surface area contributed by atoms with Crippen LogP contribution in [-0.2, 0) is 6.54 Å². The van der Waals surface area contributed by atoms with Gasteiger partial charge in [0, 0.05) is 29.7 Å². The molecule has 2 rings (SSSR count). The maximum Gasteiger partial charge on any atom is 0.0897 e. The molecule has 1 aromatic rings. The average Bonchev–Trinajstić information content (AvgIpc) is 2.66. The van der Waals surface area contributed by atoms with Gasteiger partial charge in [0.25, 0.3) is 0 Å². The Morgan fingerprint density at radius 2 is 2.44 bits per heavy atom. The lowest BCUT2D eigenvalue weighted by Gasteiger charge is -2.35. The van der Waals surface area contributed by atoms with Gasteiger partial charge in [-0.25, -0.2) is 4.98 Å². The summed E-state index contributed by atoms with van der Waals surface area (Å²) in [5.74, 6) is 0. The second-order valence-electron chi connectivity index (χ2n) is 4.78. The number of hydrogen-bond acceptors (Lipinski definition) is 4. The zero-order valence-electron chi connectivity index (χ0n) is 10.4. The second kappa shape index (κ2) is 5.25. The maximum absolute atomic E-state index is 4.28. The molecule has 90 valence electrons. The Morgan fingerprint density at radius 1 is 1.62 bits per heavy atom. The highest BCUT2D eigenvalue weighted by molar-refractivity contribution is 7.11. The molecule has 1 saturated heterocycles. The topological polar surface area (TPSA) is 28.2 Å². The van der Waals surface area contributed by atoms with Gasteiger partial charge in [-0.2, -0.15) is 0 Å². The van der Waals surface area contributed by atoms with Crippen LogP contribution < -0.4 is 5.32 Å². The van der Waals surface area contributed by atoms with E-state index in [0.717, 1.165) is 11.6 Å². The van der Waals surface area contributed by atoms with Crippen molar-refractivity contribution in [3.8, 4) is 0 Å². The van der Waals surface area contributed by atoms with Crippen LogP contribution in [0.1, 0.15) is 29.7 Å². The minimum Gasteiger partial charge on any atom is -0.309 e. The van der Waals surface area contributed by atoms with Crippen molar-refractivity contribution < 1.29 is 0 Å². The first-order chi connectivity index (χ1) is 7.65. The lowest BCUT2D eigenvalue weighted by molar-refractivity contribution is 0.168. The predicted octanol–water partition coefficient (Wildman–Crippen LogP) is 2.02. The van der Waals surface area contributed by atoms with Crippen LogP contribution in [0.5, 0.6) is 0 Å². The smallest absolute Gasteiger partial charge is 0.0897 e. The van der Waals surface area contributed by atoms with Gasteiger partial charge in [0.2, 0.25) is 0 Å². The van der Waals surface area contributed by atoms with Crippen molar-refractivity contribution in [2.45, 2.75) is 45.3 Å². The molecule has 2 atom stereocenters. The molecule has 1 aliphatic heterocycles. The number of aryl methyl sites for hydroxylation is 1. The van der Waals surface area contributed by atoms with Crippen LogP contribution in [0.4, 0.5) is 0 Å². The van der Waals surface area contributed by atoms with Gasteiger partial charge < -0.3 is 10.2 Å². The summed E-state index contributed by atoms with van der Waals surface area (Å²) in [6, 6.07) is 1.38. The number of likely N-dealkylation sites (tertiary alicyclic amines) is 1. The monoisotopic (exact) mass is 239 g/mol. The van der Waals surface area contributed by atoms with E-state index >= 15 is 0 Å². The molecule has 2 unspecified atom stereocenters. The number of aromatic nitrogens is 1. The molecule has 0 bridgehead atoms. The molecule has 1 N–H and O–H groups in total. The highest BCUT2D eigenvalue weighted by Crippen LogP contribution is 2.17. The van der Waals surface area contributed by atoms with Gasteiger partial charge in [0.05, 0.1) is 5.01 Å². The molecule has 0 aliphatic carbocycles. The van der Waals surface area contributed by atoms with E-state index in [1.54, 1.807) is 11.3 Å². The first-order valence-corrected chi connectivity index (χ1v) is 6.81. The highest BCUT2D eigenvalue weighted by Gasteiger charge is 2.22. The first kappa shape index (κ1) is 12.0. The summed E-state index contributed by atoms with van der Waals surface area (Å²) in [7, 11) is 2.22. The standard InChI is InChI=1S/C12H21N3S/c1-9-6-11(4-5-15(9)3)14-8-12-7-13-10(2)16-12/h7,9,11,14H,4-6,8H2,1-3H3. The van der Waals surface area contributed by atoms with Crippen LogP contribution in [-0.4, -0.2) is 35.6 Å². The molecule has 0 aromatic carbocycles. The van der Waals surface area contributed by atoms with Crippen LogP contribution in [0.2, 0.25) is 0 Å². The Morgan fingerprint density at radius 3 is 3.06 bits per heavy atom. The Kier molecular flexibility index (Phi) is 3.95. The van der Waals surface area contributed by atoms with Gasteiger partial charge in [-0.1, -0.05) is 0 Å². The number of hydrogen-bond donors (Lipinski definition) is 1. The summed E-state index contributed by atoms with van der Waals surface area (Å²) >= 11 is 1.79. The summed E-state index contributed by atoms with van der Waals surface area (Å²) in [4.78, 5) is 8.07. The van der Waals surface area contributed by atoms with E-state index in [0.29, 0.717) is 12.1 Å². The van der Waals surface area contributed by atoms with Crippen molar-refractivity contribution in [3.63, 3.8) is 0 Å². The normalized spacial score (nSPS) is 27.2. The van der Waals surface area contributed by atoms with E-state index in [-0.39, 0.29) is 0 Å². The minimum atomic E-state index is 0.675. The Hall–Kier alpha value is -0.450. The molecule has 0 spiro atoms. The van der Waals surface area contributed by atoms with E-state index in [9.17, 15) is 0 Å². The summed E-state index contributed by atoms with van der Waals surface area (Å²) in [6.45, 7) is 6.56. The maximum atomic E-state index is 4.28. The van der Waals surface area contributed by atoms with Crippen molar-refractivity contribution in [2.24, 2.45) is 0 Å². The van der Waals surface area contributed by atoms with Gasteiger partial charge in [-0.15, -0.1) is 11.3 Å². The number of nitrogens with zero attached hydrogens (tertiary/aromatic N) is 2. The van der Waals surface area contributed by atoms with Crippen LogP contribution in [0.25, 0.3) is 0 Å². The van der Waals surface area contributed by atoms with E-state index < -0.39 is 0 Å².